The van der Waals surface area contributed by atoms with Gasteiger partial charge in [0.1, 0.15) is 12.2 Å². The summed E-state index contributed by atoms with van der Waals surface area (Å²) in [5.41, 5.74) is 0.478. The third-order valence-electron chi connectivity index (χ3n) is 3.11. The zero-order valence-electron chi connectivity index (χ0n) is 14.4. The van der Waals surface area contributed by atoms with Crippen molar-refractivity contribution in [1.29, 1.82) is 0 Å². The van der Waals surface area contributed by atoms with Gasteiger partial charge in [0, 0.05) is 6.54 Å². The Morgan fingerprint density at radius 3 is 2.43 bits per heavy atom. The minimum absolute atomic E-state index is 0.184. The van der Waals surface area contributed by atoms with Crippen LogP contribution in [-0.2, 0) is 20.9 Å². The van der Waals surface area contributed by atoms with Gasteiger partial charge in [0.2, 0.25) is 0 Å². The fraction of sp³-hybridized carbons (Fsp3) is 0.556. The van der Waals surface area contributed by atoms with Gasteiger partial charge < -0.3 is 14.8 Å². The number of alkyl carbamates (subject to hydrolysis) is 1. The number of amides is 1. The Morgan fingerprint density at radius 1 is 1.17 bits per heavy atom. The number of hydrogen-bond acceptors (Lipinski definition) is 4. The molecule has 0 fully saturated rings. The summed E-state index contributed by atoms with van der Waals surface area (Å²) in [6.07, 6.45) is 0.910. The normalized spacial score (nSPS) is 12.3. The van der Waals surface area contributed by atoms with E-state index in [2.05, 4.69) is 5.32 Å². The highest BCUT2D eigenvalue weighted by Crippen LogP contribution is 2.14. The van der Waals surface area contributed by atoms with Crippen LogP contribution in [0.25, 0.3) is 0 Å². The highest BCUT2D eigenvalue weighted by Gasteiger charge is 2.21. The number of esters is 1. The van der Waals surface area contributed by atoms with E-state index in [-0.39, 0.29) is 18.5 Å². The first-order chi connectivity index (χ1) is 10.8. The maximum absolute atomic E-state index is 11.8. The Morgan fingerprint density at radius 2 is 1.83 bits per heavy atom. The maximum atomic E-state index is 11.8. The quantitative estimate of drug-likeness (QED) is 0.615. The van der Waals surface area contributed by atoms with Crippen molar-refractivity contribution in [3.63, 3.8) is 0 Å². The number of hydrogen-bond donors (Lipinski definition) is 1. The van der Waals surface area contributed by atoms with E-state index in [1.807, 2.05) is 58.0 Å². The molecule has 0 radical (unpaired) electrons. The van der Waals surface area contributed by atoms with Gasteiger partial charge in [0.25, 0.3) is 0 Å². The standard InChI is InChI=1S/C18H27NO4/c1-14(16(20)23-18(2,3)4)9-8-12-19-17(21)22-13-15-10-6-5-7-11-15/h5-7,10-11,14H,8-9,12-13H2,1-4H3,(H,19,21)/t14-/m0/s1. The molecule has 1 aromatic carbocycles. The molecular formula is C18H27NO4. The first-order valence-electron chi connectivity index (χ1n) is 7.95. The topological polar surface area (TPSA) is 64.6 Å². The number of rotatable bonds is 7. The number of nitrogens with one attached hydrogen (secondary N) is 1. The number of carbonyl (C=O) groups excluding carboxylic acids is 2. The molecule has 1 aromatic rings. The highest BCUT2D eigenvalue weighted by molar-refractivity contribution is 5.72. The van der Waals surface area contributed by atoms with Crippen LogP contribution in [0, 0.1) is 5.92 Å². The second-order valence-corrected chi connectivity index (χ2v) is 6.57. The molecule has 1 N–H and O–H groups in total. The van der Waals surface area contributed by atoms with Crippen molar-refractivity contribution >= 4 is 12.1 Å². The largest absolute Gasteiger partial charge is 0.460 e. The molecular weight excluding hydrogens is 294 g/mol. The molecule has 0 saturated heterocycles. The summed E-state index contributed by atoms with van der Waals surface area (Å²) >= 11 is 0. The smallest absolute Gasteiger partial charge is 0.407 e. The molecule has 1 amide bonds. The number of benzene rings is 1. The van der Waals surface area contributed by atoms with Gasteiger partial charge in [-0.2, -0.15) is 0 Å². The second-order valence-electron chi connectivity index (χ2n) is 6.57. The summed E-state index contributed by atoms with van der Waals surface area (Å²) in [6, 6.07) is 9.50. The summed E-state index contributed by atoms with van der Waals surface area (Å²) in [6.45, 7) is 8.11. The highest BCUT2D eigenvalue weighted by atomic mass is 16.6. The van der Waals surface area contributed by atoms with Crippen molar-refractivity contribution in [1.82, 2.24) is 5.32 Å². The number of carbonyl (C=O) groups is 2. The van der Waals surface area contributed by atoms with Crippen LogP contribution >= 0.6 is 0 Å². The van der Waals surface area contributed by atoms with Gasteiger partial charge in [0.05, 0.1) is 5.92 Å². The van der Waals surface area contributed by atoms with Gasteiger partial charge in [0.15, 0.2) is 0 Å². The zero-order chi connectivity index (χ0) is 17.3. The third-order valence-corrected chi connectivity index (χ3v) is 3.11. The molecule has 0 aliphatic carbocycles. The lowest BCUT2D eigenvalue weighted by atomic mass is 10.1. The molecule has 0 aliphatic heterocycles. The molecule has 0 unspecified atom stereocenters. The van der Waals surface area contributed by atoms with Gasteiger partial charge in [-0.1, -0.05) is 37.3 Å². The van der Waals surface area contributed by atoms with E-state index in [9.17, 15) is 9.59 Å². The molecule has 0 bridgehead atoms. The van der Waals surface area contributed by atoms with Crippen LogP contribution in [0.2, 0.25) is 0 Å². The lowest BCUT2D eigenvalue weighted by Gasteiger charge is -2.22. The Hall–Kier alpha value is -2.04. The molecule has 0 heterocycles. The molecule has 23 heavy (non-hydrogen) atoms. The maximum Gasteiger partial charge on any atom is 0.407 e. The van der Waals surface area contributed by atoms with E-state index in [4.69, 9.17) is 9.47 Å². The van der Waals surface area contributed by atoms with Crippen LogP contribution < -0.4 is 5.32 Å². The Kier molecular flexibility index (Phi) is 7.59. The number of ether oxygens (including phenoxy) is 2. The first kappa shape index (κ1) is 19.0. The average Bonchev–Trinajstić information content (AvgIpc) is 2.48. The molecule has 0 spiro atoms. The van der Waals surface area contributed by atoms with Crippen molar-refractivity contribution in [2.75, 3.05) is 6.54 Å². The summed E-state index contributed by atoms with van der Waals surface area (Å²) in [4.78, 5) is 23.4. The third kappa shape index (κ3) is 8.86. The fourth-order valence-corrected chi connectivity index (χ4v) is 1.89. The van der Waals surface area contributed by atoms with E-state index in [0.717, 1.165) is 5.56 Å². The summed E-state index contributed by atoms with van der Waals surface area (Å²) in [5, 5.41) is 2.68. The lowest BCUT2D eigenvalue weighted by Crippen LogP contribution is -2.29. The lowest BCUT2D eigenvalue weighted by molar-refractivity contribution is -0.159. The van der Waals surface area contributed by atoms with Crippen LogP contribution in [0.15, 0.2) is 30.3 Å². The SMILES string of the molecule is C[C@@H](CCCNC(=O)OCc1ccccc1)C(=O)OC(C)(C)C. The molecule has 0 aliphatic rings. The van der Waals surface area contributed by atoms with Crippen LogP contribution in [-0.4, -0.2) is 24.2 Å². The molecule has 5 heteroatoms. The van der Waals surface area contributed by atoms with Gasteiger partial charge in [-0.25, -0.2) is 4.79 Å². The van der Waals surface area contributed by atoms with E-state index >= 15 is 0 Å². The summed E-state index contributed by atoms with van der Waals surface area (Å²) in [7, 11) is 0. The van der Waals surface area contributed by atoms with Gasteiger partial charge in [-0.05, 0) is 39.2 Å². The minimum atomic E-state index is -0.467. The Balaban J connectivity index is 2.14. The second kappa shape index (κ2) is 9.18. The van der Waals surface area contributed by atoms with Crippen LogP contribution in [0.1, 0.15) is 46.1 Å². The molecule has 128 valence electrons. The monoisotopic (exact) mass is 321 g/mol. The van der Waals surface area contributed by atoms with Crippen molar-refractivity contribution in [2.45, 2.75) is 52.7 Å². The van der Waals surface area contributed by atoms with E-state index in [1.54, 1.807) is 0 Å². The van der Waals surface area contributed by atoms with Crippen molar-refractivity contribution in [3.8, 4) is 0 Å². The minimum Gasteiger partial charge on any atom is -0.460 e. The molecule has 1 atom stereocenters. The molecule has 0 aromatic heterocycles. The van der Waals surface area contributed by atoms with Gasteiger partial charge in [-0.15, -0.1) is 0 Å². The Bertz CT molecular complexity index is 493. The molecule has 5 nitrogen and oxygen atoms in total. The average molecular weight is 321 g/mol. The van der Waals surface area contributed by atoms with Crippen LogP contribution in [0.4, 0.5) is 4.79 Å². The van der Waals surface area contributed by atoms with Gasteiger partial charge in [-0.3, -0.25) is 4.79 Å². The first-order valence-corrected chi connectivity index (χ1v) is 7.95. The van der Waals surface area contributed by atoms with E-state index in [0.29, 0.717) is 19.4 Å². The van der Waals surface area contributed by atoms with Crippen molar-refractivity contribution in [2.24, 2.45) is 5.92 Å². The predicted octanol–water partition coefficient (Wildman–Crippen LogP) is 3.67. The zero-order valence-corrected chi connectivity index (χ0v) is 14.4. The Labute approximate surface area is 138 Å². The van der Waals surface area contributed by atoms with Crippen molar-refractivity contribution in [3.05, 3.63) is 35.9 Å². The van der Waals surface area contributed by atoms with E-state index in [1.165, 1.54) is 0 Å². The summed E-state index contributed by atoms with van der Waals surface area (Å²) < 4.78 is 10.4. The molecule has 0 saturated carbocycles. The van der Waals surface area contributed by atoms with Crippen LogP contribution in [0.5, 0.6) is 0 Å². The fourth-order valence-electron chi connectivity index (χ4n) is 1.89. The molecule has 1 rings (SSSR count). The van der Waals surface area contributed by atoms with Gasteiger partial charge >= 0.3 is 12.1 Å². The van der Waals surface area contributed by atoms with E-state index < -0.39 is 11.7 Å². The summed E-state index contributed by atoms with van der Waals surface area (Å²) in [5.74, 6) is -0.388. The predicted molar refractivity (Wildman–Crippen MR) is 88.9 cm³/mol. The van der Waals surface area contributed by atoms with Crippen molar-refractivity contribution < 1.29 is 19.1 Å². The van der Waals surface area contributed by atoms with Crippen LogP contribution in [0.3, 0.4) is 0 Å².